The molecule has 19 heavy (non-hydrogen) atoms. The summed E-state index contributed by atoms with van der Waals surface area (Å²) in [7, 11) is 0. The van der Waals surface area contributed by atoms with Crippen LogP contribution in [0.25, 0.3) is 10.2 Å². The van der Waals surface area contributed by atoms with E-state index in [4.69, 9.17) is 11.6 Å². The first-order valence-electron chi connectivity index (χ1n) is 5.02. The molecule has 2 N–H and O–H groups in total. The van der Waals surface area contributed by atoms with Gasteiger partial charge in [-0.25, -0.2) is 9.78 Å². The summed E-state index contributed by atoms with van der Waals surface area (Å²) >= 11 is 7.02. The summed E-state index contributed by atoms with van der Waals surface area (Å²) < 4.78 is 36.4. The van der Waals surface area contributed by atoms with Crippen molar-refractivity contribution in [2.75, 3.05) is 11.9 Å². The summed E-state index contributed by atoms with van der Waals surface area (Å²) in [6.07, 6.45) is -4.45. The Morgan fingerprint density at radius 1 is 1.42 bits per heavy atom. The van der Waals surface area contributed by atoms with Gasteiger partial charge in [0.05, 0.1) is 9.72 Å². The number of aromatic nitrogens is 1. The normalized spacial score (nSPS) is 11.6. The third-order valence-electron chi connectivity index (χ3n) is 2.04. The average Bonchev–Trinajstić information content (AvgIpc) is 2.69. The van der Waals surface area contributed by atoms with Crippen molar-refractivity contribution in [3.63, 3.8) is 0 Å². The molecule has 4 nitrogen and oxygen atoms in total. The van der Waals surface area contributed by atoms with Crippen LogP contribution < -0.4 is 10.6 Å². The number of thiazole rings is 1. The van der Waals surface area contributed by atoms with Crippen molar-refractivity contribution < 1.29 is 18.0 Å². The molecule has 0 radical (unpaired) electrons. The standard InChI is InChI=1S/C10H7ClF3N3OS/c11-5-2-1-3-6-7(5)16-9(19-6)17-8(18)15-4-10(12,13)14/h1-3H,4H2,(H2,15,16,17,18). The Bertz CT molecular complexity index is 614. The number of nitrogens with zero attached hydrogens (tertiary/aromatic N) is 1. The van der Waals surface area contributed by atoms with E-state index in [1.807, 2.05) is 0 Å². The summed E-state index contributed by atoms with van der Waals surface area (Å²) in [5.74, 6) is 0. The Morgan fingerprint density at radius 3 is 2.79 bits per heavy atom. The van der Waals surface area contributed by atoms with Gasteiger partial charge >= 0.3 is 12.2 Å². The highest BCUT2D eigenvalue weighted by Gasteiger charge is 2.27. The third-order valence-corrected chi connectivity index (χ3v) is 3.28. The Morgan fingerprint density at radius 2 is 2.16 bits per heavy atom. The van der Waals surface area contributed by atoms with Gasteiger partial charge < -0.3 is 5.32 Å². The minimum Gasteiger partial charge on any atom is -0.329 e. The smallest absolute Gasteiger partial charge is 0.329 e. The van der Waals surface area contributed by atoms with Crippen molar-refractivity contribution in [1.29, 1.82) is 0 Å². The molecule has 1 aromatic heterocycles. The lowest BCUT2D eigenvalue weighted by atomic mass is 10.3. The fourth-order valence-corrected chi connectivity index (χ4v) is 2.45. The van der Waals surface area contributed by atoms with Crippen molar-refractivity contribution >= 4 is 44.3 Å². The lowest BCUT2D eigenvalue weighted by Gasteiger charge is -2.07. The molecular formula is C10H7ClF3N3OS. The van der Waals surface area contributed by atoms with Crippen LogP contribution in [0.5, 0.6) is 0 Å². The van der Waals surface area contributed by atoms with E-state index in [1.165, 1.54) is 0 Å². The second-order valence-corrected chi connectivity index (χ2v) is 4.97. The van der Waals surface area contributed by atoms with Crippen molar-refractivity contribution in [3.05, 3.63) is 23.2 Å². The van der Waals surface area contributed by atoms with Crippen LogP contribution in [0.15, 0.2) is 18.2 Å². The Labute approximate surface area is 114 Å². The van der Waals surface area contributed by atoms with Gasteiger partial charge in [0.15, 0.2) is 5.13 Å². The number of urea groups is 1. The number of nitrogens with one attached hydrogen (secondary N) is 2. The quantitative estimate of drug-likeness (QED) is 0.890. The van der Waals surface area contributed by atoms with Crippen LogP contribution in [0.1, 0.15) is 0 Å². The highest BCUT2D eigenvalue weighted by atomic mass is 35.5. The highest BCUT2D eigenvalue weighted by molar-refractivity contribution is 7.22. The van der Waals surface area contributed by atoms with E-state index in [-0.39, 0.29) is 5.13 Å². The van der Waals surface area contributed by atoms with Crippen molar-refractivity contribution in [3.8, 4) is 0 Å². The zero-order valence-corrected chi connectivity index (χ0v) is 10.8. The van der Waals surface area contributed by atoms with Crippen LogP contribution in [-0.2, 0) is 0 Å². The zero-order chi connectivity index (χ0) is 14.0. The molecule has 0 saturated heterocycles. The SMILES string of the molecule is O=C(NCC(F)(F)F)Nc1nc2c(Cl)cccc2s1. The van der Waals surface area contributed by atoms with E-state index in [0.29, 0.717) is 10.5 Å². The van der Waals surface area contributed by atoms with Gasteiger partial charge in [0, 0.05) is 0 Å². The molecule has 0 atom stereocenters. The van der Waals surface area contributed by atoms with Gasteiger partial charge in [0.1, 0.15) is 12.1 Å². The van der Waals surface area contributed by atoms with Gasteiger partial charge in [-0.05, 0) is 12.1 Å². The number of para-hydroxylation sites is 1. The average molecular weight is 310 g/mol. The van der Waals surface area contributed by atoms with Gasteiger partial charge in [0.2, 0.25) is 0 Å². The van der Waals surface area contributed by atoms with Crippen molar-refractivity contribution in [2.24, 2.45) is 0 Å². The summed E-state index contributed by atoms with van der Waals surface area (Å²) in [5, 5.41) is 4.52. The monoisotopic (exact) mass is 309 g/mol. The molecule has 0 aliphatic heterocycles. The van der Waals surface area contributed by atoms with E-state index in [1.54, 1.807) is 23.5 Å². The van der Waals surface area contributed by atoms with E-state index >= 15 is 0 Å². The van der Waals surface area contributed by atoms with Gasteiger partial charge in [-0.2, -0.15) is 13.2 Å². The fourth-order valence-electron chi connectivity index (χ4n) is 1.29. The topological polar surface area (TPSA) is 54.0 Å². The second kappa shape index (κ2) is 5.22. The van der Waals surface area contributed by atoms with Gasteiger partial charge in [-0.15, -0.1) is 0 Å². The molecule has 0 aliphatic rings. The number of halogens is 4. The van der Waals surface area contributed by atoms with E-state index < -0.39 is 18.8 Å². The molecule has 1 aromatic carbocycles. The van der Waals surface area contributed by atoms with Crippen LogP contribution in [0.2, 0.25) is 5.02 Å². The predicted molar refractivity (Wildman–Crippen MR) is 67.7 cm³/mol. The minimum absolute atomic E-state index is 0.183. The molecule has 0 spiro atoms. The molecule has 2 rings (SSSR count). The van der Waals surface area contributed by atoms with Crippen LogP contribution >= 0.6 is 22.9 Å². The number of alkyl halides is 3. The molecule has 2 amide bonds. The first-order chi connectivity index (χ1) is 8.85. The number of rotatable bonds is 2. The summed E-state index contributed by atoms with van der Waals surface area (Å²) in [4.78, 5) is 15.3. The minimum atomic E-state index is -4.45. The van der Waals surface area contributed by atoms with E-state index in [0.717, 1.165) is 16.0 Å². The summed E-state index contributed by atoms with van der Waals surface area (Å²) in [5.41, 5.74) is 0.500. The van der Waals surface area contributed by atoms with Gasteiger partial charge in [-0.1, -0.05) is 29.0 Å². The second-order valence-electron chi connectivity index (χ2n) is 3.53. The Hall–Kier alpha value is -1.54. The number of carbonyl (C=O) groups is 1. The molecule has 102 valence electrons. The molecule has 0 aliphatic carbocycles. The van der Waals surface area contributed by atoms with Crippen LogP contribution in [0.4, 0.5) is 23.1 Å². The van der Waals surface area contributed by atoms with Crippen molar-refractivity contribution in [2.45, 2.75) is 6.18 Å². The Kier molecular flexibility index (Phi) is 3.81. The summed E-state index contributed by atoms with van der Waals surface area (Å²) in [6.45, 7) is -1.40. The maximum Gasteiger partial charge on any atom is 0.405 e. The molecule has 0 bridgehead atoms. The Balaban J connectivity index is 2.05. The first-order valence-corrected chi connectivity index (χ1v) is 6.21. The molecule has 0 unspecified atom stereocenters. The highest BCUT2D eigenvalue weighted by Crippen LogP contribution is 2.30. The molecule has 0 saturated carbocycles. The first kappa shape index (κ1) is 13.9. The van der Waals surface area contributed by atoms with E-state index in [9.17, 15) is 18.0 Å². The number of carbonyl (C=O) groups excluding carboxylic acids is 1. The van der Waals surface area contributed by atoms with Crippen molar-refractivity contribution in [1.82, 2.24) is 10.3 Å². The molecule has 0 fully saturated rings. The number of hydrogen-bond acceptors (Lipinski definition) is 3. The number of benzene rings is 1. The zero-order valence-electron chi connectivity index (χ0n) is 9.21. The van der Waals surface area contributed by atoms with Crippen LogP contribution in [0, 0.1) is 0 Å². The maximum absolute atomic E-state index is 11.9. The molecular weight excluding hydrogens is 303 g/mol. The molecule has 9 heteroatoms. The summed E-state index contributed by atoms with van der Waals surface area (Å²) in [6, 6.07) is 4.14. The number of anilines is 1. The van der Waals surface area contributed by atoms with E-state index in [2.05, 4.69) is 10.3 Å². The maximum atomic E-state index is 11.9. The number of fused-ring (bicyclic) bond motifs is 1. The molecule has 1 heterocycles. The van der Waals surface area contributed by atoms with Gasteiger partial charge in [0.25, 0.3) is 0 Å². The van der Waals surface area contributed by atoms with Gasteiger partial charge in [-0.3, -0.25) is 5.32 Å². The van der Waals surface area contributed by atoms with Crippen LogP contribution in [0.3, 0.4) is 0 Å². The molecule has 2 aromatic rings. The predicted octanol–water partition coefficient (Wildman–Crippen LogP) is 3.63. The largest absolute Gasteiger partial charge is 0.405 e. The third kappa shape index (κ3) is 3.71. The lowest BCUT2D eigenvalue weighted by Crippen LogP contribution is -2.36. The van der Waals surface area contributed by atoms with Crippen LogP contribution in [-0.4, -0.2) is 23.7 Å². The fraction of sp³-hybridized carbons (Fsp3) is 0.200. The lowest BCUT2D eigenvalue weighted by molar-refractivity contribution is -0.122. The number of hydrogen-bond donors (Lipinski definition) is 2. The number of amides is 2.